The van der Waals surface area contributed by atoms with E-state index < -0.39 is 0 Å². The molecule has 0 spiro atoms. The molecule has 0 amide bonds. The molecule has 2 aromatic rings. The van der Waals surface area contributed by atoms with Crippen LogP contribution in [0.1, 0.15) is 12.5 Å². The maximum atomic E-state index is 6.08. The molecule has 4 heteroatoms. The van der Waals surface area contributed by atoms with Crippen LogP contribution in [0, 0.1) is 0 Å². The van der Waals surface area contributed by atoms with Crippen molar-refractivity contribution in [3.8, 4) is 0 Å². The number of fused-ring (bicyclic) bond motifs is 1. The summed E-state index contributed by atoms with van der Waals surface area (Å²) in [6.07, 6.45) is 0. The normalized spacial score (nSPS) is 14.1. The largest absolute Gasteiger partial charge is 0.325 e. The Balaban J connectivity index is 2.02. The van der Waals surface area contributed by atoms with Gasteiger partial charge in [0.2, 0.25) is 0 Å². The summed E-state index contributed by atoms with van der Waals surface area (Å²) in [4.78, 5) is 6.75. The van der Waals surface area contributed by atoms with Crippen molar-refractivity contribution in [2.75, 3.05) is 4.90 Å². The van der Waals surface area contributed by atoms with Gasteiger partial charge in [-0.2, -0.15) is 0 Å². The SMILES string of the molecule is CC1=Nc2ccccc2CN1c1ccc(Cl)c(Cl)c1. The van der Waals surface area contributed by atoms with Gasteiger partial charge in [-0.3, -0.25) is 0 Å². The van der Waals surface area contributed by atoms with Crippen LogP contribution in [-0.4, -0.2) is 5.84 Å². The Morgan fingerprint density at radius 1 is 1.05 bits per heavy atom. The molecule has 2 nitrogen and oxygen atoms in total. The van der Waals surface area contributed by atoms with E-state index in [2.05, 4.69) is 16.0 Å². The molecule has 0 aliphatic carbocycles. The van der Waals surface area contributed by atoms with Crippen LogP contribution in [0.5, 0.6) is 0 Å². The fourth-order valence-electron chi connectivity index (χ4n) is 2.20. The highest BCUT2D eigenvalue weighted by molar-refractivity contribution is 6.42. The van der Waals surface area contributed by atoms with Crippen molar-refractivity contribution in [1.82, 2.24) is 0 Å². The van der Waals surface area contributed by atoms with Crippen LogP contribution in [0.15, 0.2) is 47.5 Å². The highest BCUT2D eigenvalue weighted by Gasteiger charge is 2.18. The lowest BCUT2D eigenvalue weighted by molar-refractivity contribution is 0.972. The van der Waals surface area contributed by atoms with E-state index in [0.29, 0.717) is 10.0 Å². The van der Waals surface area contributed by atoms with Gasteiger partial charge in [0, 0.05) is 5.69 Å². The Hall–Kier alpha value is -1.51. The number of para-hydroxylation sites is 1. The van der Waals surface area contributed by atoms with Gasteiger partial charge in [-0.05, 0) is 36.8 Å². The molecular weight excluding hydrogens is 279 g/mol. The van der Waals surface area contributed by atoms with Crippen LogP contribution in [0.4, 0.5) is 11.4 Å². The minimum Gasteiger partial charge on any atom is -0.325 e. The zero-order chi connectivity index (χ0) is 13.4. The lowest BCUT2D eigenvalue weighted by atomic mass is 10.1. The van der Waals surface area contributed by atoms with Crippen molar-refractivity contribution < 1.29 is 0 Å². The van der Waals surface area contributed by atoms with Crippen molar-refractivity contribution in [1.29, 1.82) is 0 Å². The van der Waals surface area contributed by atoms with E-state index in [-0.39, 0.29) is 0 Å². The highest BCUT2D eigenvalue weighted by atomic mass is 35.5. The molecule has 0 saturated carbocycles. The molecule has 2 aromatic carbocycles. The molecule has 0 bridgehead atoms. The summed E-state index contributed by atoms with van der Waals surface area (Å²) in [5.41, 5.74) is 3.25. The second-order valence-electron chi connectivity index (χ2n) is 4.47. The summed E-state index contributed by atoms with van der Waals surface area (Å²) in [6.45, 7) is 2.79. The van der Waals surface area contributed by atoms with E-state index in [1.807, 2.05) is 43.3 Å². The number of benzene rings is 2. The Morgan fingerprint density at radius 2 is 1.84 bits per heavy atom. The monoisotopic (exact) mass is 290 g/mol. The van der Waals surface area contributed by atoms with Crippen molar-refractivity contribution in [3.63, 3.8) is 0 Å². The van der Waals surface area contributed by atoms with Crippen molar-refractivity contribution >= 4 is 40.4 Å². The van der Waals surface area contributed by atoms with E-state index in [1.54, 1.807) is 0 Å². The number of hydrogen-bond acceptors (Lipinski definition) is 2. The average Bonchev–Trinajstić information content (AvgIpc) is 2.41. The van der Waals surface area contributed by atoms with Gasteiger partial charge in [-0.15, -0.1) is 0 Å². The zero-order valence-corrected chi connectivity index (χ0v) is 11.9. The summed E-state index contributed by atoms with van der Waals surface area (Å²) in [5.74, 6) is 0.956. The molecule has 1 aliphatic rings. The van der Waals surface area contributed by atoms with Crippen molar-refractivity contribution in [3.05, 3.63) is 58.1 Å². The molecule has 0 radical (unpaired) electrons. The number of amidine groups is 1. The molecule has 1 aliphatic heterocycles. The summed E-state index contributed by atoms with van der Waals surface area (Å²) in [7, 11) is 0. The van der Waals surface area contributed by atoms with Crippen molar-refractivity contribution in [2.45, 2.75) is 13.5 Å². The number of aliphatic imine (C=N–C) groups is 1. The van der Waals surface area contributed by atoms with Gasteiger partial charge in [0.15, 0.2) is 0 Å². The topological polar surface area (TPSA) is 15.6 Å². The number of halogens is 2. The fraction of sp³-hybridized carbons (Fsp3) is 0.133. The summed E-state index contributed by atoms with van der Waals surface area (Å²) < 4.78 is 0. The number of anilines is 1. The molecule has 19 heavy (non-hydrogen) atoms. The molecule has 1 heterocycles. The van der Waals surface area contributed by atoms with E-state index >= 15 is 0 Å². The third-order valence-corrected chi connectivity index (χ3v) is 3.95. The third kappa shape index (κ3) is 2.34. The smallest absolute Gasteiger partial charge is 0.106 e. The Labute approximate surface area is 122 Å². The molecule has 0 N–H and O–H groups in total. The molecule has 0 atom stereocenters. The van der Waals surface area contributed by atoms with Crippen LogP contribution in [0.2, 0.25) is 10.0 Å². The molecule has 0 saturated heterocycles. The molecule has 0 fully saturated rings. The molecule has 96 valence electrons. The van der Waals surface area contributed by atoms with Gasteiger partial charge >= 0.3 is 0 Å². The minimum absolute atomic E-state index is 0.561. The van der Waals surface area contributed by atoms with Gasteiger partial charge in [0.05, 0.1) is 22.3 Å². The predicted octanol–water partition coefficient (Wildman–Crippen LogP) is 5.06. The van der Waals surface area contributed by atoms with Crippen LogP contribution in [-0.2, 0) is 6.54 Å². The van der Waals surface area contributed by atoms with Crippen LogP contribution >= 0.6 is 23.2 Å². The summed E-state index contributed by atoms with van der Waals surface area (Å²) in [6, 6.07) is 13.8. The lowest BCUT2D eigenvalue weighted by Gasteiger charge is -2.29. The Bertz CT molecular complexity index is 665. The first-order chi connectivity index (χ1) is 9.15. The minimum atomic E-state index is 0.561. The molecular formula is C15H12Cl2N2. The molecule has 3 rings (SSSR count). The van der Waals surface area contributed by atoms with Crippen LogP contribution in [0.25, 0.3) is 0 Å². The van der Waals surface area contributed by atoms with E-state index in [4.69, 9.17) is 23.2 Å². The Morgan fingerprint density at radius 3 is 2.63 bits per heavy atom. The zero-order valence-electron chi connectivity index (χ0n) is 10.4. The van der Waals surface area contributed by atoms with Gasteiger partial charge in [-0.25, -0.2) is 4.99 Å². The van der Waals surface area contributed by atoms with Gasteiger partial charge < -0.3 is 4.90 Å². The third-order valence-electron chi connectivity index (χ3n) is 3.21. The maximum Gasteiger partial charge on any atom is 0.106 e. The first kappa shape index (κ1) is 12.5. The molecule has 0 unspecified atom stereocenters. The van der Waals surface area contributed by atoms with Crippen LogP contribution < -0.4 is 4.90 Å². The Kier molecular flexibility index (Phi) is 3.21. The predicted molar refractivity (Wildman–Crippen MR) is 81.9 cm³/mol. The number of hydrogen-bond donors (Lipinski definition) is 0. The van der Waals surface area contributed by atoms with E-state index in [0.717, 1.165) is 23.8 Å². The van der Waals surface area contributed by atoms with Gasteiger partial charge in [-0.1, -0.05) is 41.4 Å². The van der Waals surface area contributed by atoms with Crippen molar-refractivity contribution in [2.24, 2.45) is 4.99 Å². The number of rotatable bonds is 1. The maximum absolute atomic E-state index is 6.08. The second-order valence-corrected chi connectivity index (χ2v) is 5.29. The van der Waals surface area contributed by atoms with Gasteiger partial charge in [0.25, 0.3) is 0 Å². The van der Waals surface area contributed by atoms with Crippen LogP contribution in [0.3, 0.4) is 0 Å². The highest BCUT2D eigenvalue weighted by Crippen LogP contribution is 2.32. The molecule has 0 aromatic heterocycles. The quantitative estimate of drug-likeness (QED) is 0.716. The second kappa shape index (κ2) is 4.87. The van der Waals surface area contributed by atoms with E-state index in [1.165, 1.54) is 5.56 Å². The lowest BCUT2D eigenvalue weighted by Crippen LogP contribution is -2.30. The average molecular weight is 291 g/mol. The first-order valence-corrected chi connectivity index (χ1v) is 6.76. The first-order valence-electron chi connectivity index (χ1n) is 6.01. The summed E-state index contributed by atoms with van der Waals surface area (Å²) >= 11 is 12.0. The fourth-order valence-corrected chi connectivity index (χ4v) is 2.50. The van der Waals surface area contributed by atoms with E-state index in [9.17, 15) is 0 Å². The van der Waals surface area contributed by atoms with Gasteiger partial charge in [0.1, 0.15) is 5.84 Å². The number of nitrogens with zero attached hydrogens (tertiary/aromatic N) is 2. The summed E-state index contributed by atoms with van der Waals surface area (Å²) in [5, 5.41) is 1.13. The standard InChI is InChI=1S/C15H12Cl2N2/c1-10-18-15-5-3-2-4-11(15)9-19(10)12-6-7-13(16)14(17)8-12/h2-8H,9H2,1H3.